The maximum absolute atomic E-state index is 13.1. The predicted molar refractivity (Wildman–Crippen MR) is 71.0 cm³/mol. The molecule has 0 aliphatic rings. The van der Waals surface area contributed by atoms with Crippen LogP contribution in [0.2, 0.25) is 0 Å². The lowest BCUT2D eigenvalue weighted by Crippen LogP contribution is -1.86. The molecule has 0 saturated heterocycles. The van der Waals surface area contributed by atoms with Gasteiger partial charge in [0.1, 0.15) is 11.6 Å². The van der Waals surface area contributed by atoms with E-state index >= 15 is 0 Å². The number of aryl methyl sites for hydroxylation is 2. The van der Waals surface area contributed by atoms with Crippen LogP contribution in [0.5, 0.6) is 0 Å². The zero-order chi connectivity index (χ0) is 12.7. The number of nitrogens with zero attached hydrogens (tertiary/aromatic N) is 1. The Bertz CT molecular complexity index is 728. The van der Waals surface area contributed by atoms with E-state index in [1.807, 2.05) is 6.07 Å². The van der Waals surface area contributed by atoms with Crippen LogP contribution in [0.15, 0.2) is 36.4 Å². The van der Waals surface area contributed by atoms with Crippen molar-refractivity contribution < 1.29 is 4.39 Å². The molecule has 0 radical (unpaired) electrons. The molecule has 0 spiro atoms. The topological polar surface area (TPSA) is 28.7 Å². The Labute approximate surface area is 104 Å². The molecule has 0 saturated carbocycles. The van der Waals surface area contributed by atoms with Gasteiger partial charge in [0.15, 0.2) is 0 Å². The van der Waals surface area contributed by atoms with Gasteiger partial charge in [0.2, 0.25) is 0 Å². The number of imidazole rings is 1. The number of hydrogen-bond donors (Lipinski definition) is 1. The molecule has 2 nitrogen and oxygen atoms in total. The minimum absolute atomic E-state index is 0.252. The number of nitrogens with one attached hydrogen (secondary N) is 1. The van der Waals surface area contributed by atoms with E-state index in [4.69, 9.17) is 0 Å². The maximum atomic E-state index is 13.1. The van der Waals surface area contributed by atoms with Crippen LogP contribution in [-0.4, -0.2) is 9.97 Å². The maximum Gasteiger partial charge on any atom is 0.138 e. The number of benzene rings is 2. The molecular weight excluding hydrogens is 227 g/mol. The standard InChI is InChI=1S/C15H13FN2/c1-9-3-5-12(10(2)7-9)15-17-13-6-4-11(16)8-14(13)18-15/h3-8H,1-2H3,(H,17,18). The first-order chi connectivity index (χ1) is 8.63. The van der Waals surface area contributed by atoms with Gasteiger partial charge < -0.3 is 4.98 Å². The van der Waals surface area contributed by atoms with Crippen LogP contribution in [0.25, 0.3) is 22.4 Å². The van der Waals surface area contributed by atoms with Gasteiger partial charge in [0.05, 0.1) is 11.0 Å². The highest BCUT2D eigenvalue weighted by Crippen LogP contribution is 2.24. The molecule has 1 heterocycles. The van der Waals surface area contributed by atoms with Crippen LogP contribution in [-0.2, 0) is 0 Å². The third-order valence-corrected chi connectivity index (χ3v) is 3.08. The van der Waals surface area contributed by atoms with Gasteiger partial charge in [-0.25, -0.2) is 9.37 Å². The fourth-order valence-electron chi connectivity index (χ4n) is 2.19. The number of halogens is 1. The van der Waals surface area contributed by atoms with Gasteiger partial charge in [-0.15, -0.1) is 0 Å². The fourth-order valence-corrected chi connectivity index (χ4v) is 2.19. The quantitative estimate of drug-likeness (QED) is 0.684. The molecule has 0 unspecified atom stereocenters. The summed E-state index contributed by atoms with van der Waals surface area (Å²) in [4.78, 5) is 7.65. The Balaban J connectivity index is 2.19. The van der Waals surface area contributed by atoms with E-state index in [0.717, 1.165) is 28.0 Å². The summed E-state index contributed by atoms with van der Waals surface area (Å²) in [5.41, 5.74) is 4.95. The van der Waals surface area contributed by atoms with E-state index in [1.54, 1.807) is 6.07 Å². The van der Waals surface area contributed by atoms with Crippen molar-refractivity contribution >= 4 is 11.0 Å². The van der Waals surface area contributed by atoms with Crippen molar-refractivity contribution in [3.05, 3.63) is 53.3 Å². The minimum Gasteiger partial charge on any atom is -0.338 e. The van der Waals surface area contributed by atoms with Crippen molar-refractivity contribution in [1.29, 1.82) is 0 Å². The molecule has 0 bridgehead atoms. The van der Waals surface area contributed by atoms with Crippen LogP contribution in [0.1, 0.15) is 11.1 Å². The Morgan fingerprint density at radius 1 is 1.06 bits per heavy atom. The number of fused-ring (bicyclic) bond motifs is 1. The van der Waals surface area contributed by atoms with Gasteiger partial charge in [-0.3, -0.25) is 0 Å². The molecule has 18 heavy (non-hydrogen) atoms. The zero-order valence-electron chi connectivity index (χ0n) is 10.3. The summed E-state index contributed by atoms with van der Waals surface area (Å²) in [6.45, 7) is 4.11. The van der Waals surface area contributed by atoms with Gasteiger partial charge in [0.25, 0.3) is 0 Å². The highest BCUT2D eigenvalue weighted by atomic mass is 19.1. The van der Waals surface area contributed by atoms with E-state index in [2.05, 4.69) is 35.9 Å². The van der Waals surface area contributed by atoms with Gasteiger partial charge in [0, 0.05) is 5.56 Å². The van der Waals surface area contributed by atoms with E-state index in [-0.39, 0.29) is 5.82 Å². The SMILES string of the molecule is Cc1ccc(-c2nc3ccc(F)cc3[nH]2)c(C)c1. The first kappa shape index (κ1) is 11.0. The third kappa shape index (κ3) is 1.78. The predicted octanol–water partition coefficient (Wildman–Crippen LogP) is 3.99. The molecule has 0 aliphatic carbocycles. The number of aromatic nitrogens is 2. The first-order valence-corrected chi connectivity index (χ1v) is 5.86. The second-order valence-electron chi connectivity index (χ2n) is 4.57. The molecule has 0 fully saturated rings. The highest BCUT2D eigenvalue weighted by Gasteiger charge is 2.08. The summed E-state index contributed by atoms with van der Waals surface area (Å²) in [5, 5.41) is 0. The molecule has 0 amide bonds. The Hall–Kier alpha value is -2.16. The van der Waals surface area contributed by atoms with Crippen LogP contribution in [0.3, 0.4) is 0 Å². The van der Waals surface area contributed by atoms with E-state index < -0.39 is 0 Å². The summed E-state index contributed by atoms with van der Waals surface area (Å²) >= 11 is 0. The van der Waals surface area contributed by atoms with Crippen LogP contribution in [0, 0.1) is 19.7 Å². The van der Waals surface area contributed by atoms with E-state index in [9.17, 15) is 4.39 Å². The summed E-state index contributed by atoms with van der Waals surface area (Å²) in [5.74, 6) is 0.534. The van der Waals surface area contributed by atoms with Crippen LogP contribution < -0.4 is 0 Å². The Kier molecular flexibility index (Phi) is 2.40. The zero-order valence-corrected chi connectivity index (χ0v) is 10.3. The Morgan fingerprint density at radius 3 is 2.67 bits per heavy atom. The smallest absolute Gasteiger partial charge is 0.138 e. The minimum atomic E-state index is -0.252. The van der Waals surface area contributed by atoms with Crippen molar-refractivity contribution in [2.24, 2.45) is 0 Å². The van der Waals surface area contributed by atoms with Crippen molar-refractivity contribution in [2.75, 3.05) is 0 Å². The fraction of sp³-hybridized carbons (Fsp3) is 0.133. The van der Waals surface area contributed by atoms with Crippen molar-refractivity contribution in [3.63, 3.8) is 0 Å². The lowest BCUT2D eigenvalue weighted by atomic mass is 10.1. The molecule has 3 rings (SSSR count). The number of hydrogen-bond acceptors (Lipinski definition) is 1. The Morgan fingerprint density at radius 2 is 1.89 bits per heavy atom. The monoisotopic (exact) mass is 240 g/mol. The van der Waals surface area contributed by atoms with Gasteiger partial charge in [-0.1, -0.05) is 23.8 Å². The summed E-state index contributed by atoms with van der Waals surface area (Å²) in [6, 6.07) is 10.8. The van der Waals surface area contributed by atoms with Gasteiger partial charge >= 0.3 is 0 Å². The molecule has 90 valence electrons. The first-order valence-electron chi connectivity index (χ1n) is 5.86. The number of rotatable bonds is 1. The summed E-state index contributed by atoms with van der Waals surface area (Å²) < 4.78 is 13.1. The molecular formula is C15H13FN2. The molecule has 3 heteroatoms. The van der Waals surface area contributed by atoms with Crippen LogP contribution in [0.4, 0.5) is 4.39 Å². The molecule has 0 atom stereocenters. The third-order valence-electron chi connectivity index (χ3n) is 3.08. The van der Waals surface area contributed by atoms with Crippen molar-refractivity contribution in [1.82, 2.24) is 9.97 Å². The van der Waals surface area contributed by atoms with Gasteiger partial charge in [-0.2, -0.15) is 0 Å². The largest absolute Gasteiger partial charge is 0.338 e. The lowest BCUT2D eigenvalue weighted by molar-refractivity contribution is 0.629. The molecule has 1 N–H and O–H groups in total. The van der Waals surface area contributed by atoms with E-state index in [1.165, 1.54) is 17.7 Å². The summed E-state index contributed by atoms with van der Waals surface area (Å²) in [7, 11) is 0. The van der Waals surface area contributed by atoms with Crippen LogP contribution >= 0.6 is 0 Å². The normalized spacial score (nSPS) is 11.1. The average molecular weight is 240 g/mol. The van der Waals surface area contributed by atoms with Crippen molar-refractivity contribution in [3.8, 4) is 11.4 Å². The molecule has 1 aromatic heterocycles. The summed E-state index contributed by atoms with van der Waals surface area (Å²) in [6.07, 6.45) is 0. The second kappa shape index (κ2) is 3.95. The van der Waals surface area contributed by atoms with E-state index in [0.29, 0.717) is 0 Å². The molecule has 2 aromatic carbocycles. The number of aromatic amines is 1. The highest BCUT2D eigenvalue weighted by molar-refractivity contribution is 5.80. The second-order valence-corrected chi connectivity index (χ2v) is 4.57. The molecule has 3 aromatic rings. The lowest BCUT2D eigenvalue weighted by Gasteiger charge is -2.03. The molecule has 0 aliphatic heterocycles. The van der Waals surface area contributed by atoms with Crippen molar-refractivity contribution in [2.45, 2.75) is 13.8 Å². The average Bonchev–Trinajstić information content (AvgIpc) is 2.71. The number of H-pyrrole nitrogens is 1. The van der Waals surface area contributed by atoms with Gasteiger partial charge in [-0.05, 0) is 37.6 Å².